The molecule has 0 saturated carbocycles. The monoisotopic (exact) mass is 875 g/mol. The third-order valence-electron chi connectivity index (χ3n) is 15.3. The fraction of sp³-hybridized carbons (Fsp3) is 0.0938. The van der Waals surface area contributed by atoms with Gasteiger partial charge in [0.1, 0.15) is 11.2 Å². The van der Waals surface area contributed by atoms with Crippen molar-refractivity contribution in [2.24, 2.45) is 0 Å². The Morgan fingerprint density at radius 2 is 0.955 bits per heavy atom. The molecule has 0 N–H and O–H groups in total. The zero-order valence-corrected chi connectivity index (χ0v) is 38.6. The molecule has 2 nitrogen and oxygen atoms in total. The van der Waals surface area contributed by atoms with E-state index < -0.39 is 0 Å². The molecule has 67 heavy (non-hydrogen) atoms. The minimum atomic E-state index is -0.141. The Labute approximate surface area is 394 Å². The summed E-state index contributed by atoms with van der Waals surface area (Å²) < 4.78 is 9.70. The number of hydrogen-bond acceptors (Lipinski definition) is 3. The summed E-state index contributed by atoms with van der Waals surface area (Å²) in [6, 6.07) is 74.4. The van der Waals surface area contributed by atoms with Gasteiger partial charge in [-0.1, -0.05) is 167 Å². The van der Waals surface area contributed by atoms with E-state index in [4.69, 9.17) is 4.42 Å². The molecule has 0 unspecified atom stereocenters. The van der Waals surface area contributed by atoms with Crippen LogP contribution in [0, 0.1) is 0 Å². The molecular formula is C64H45NOS. The first-order valence-electron chi connectivity index (χ1n) is 23.4. The molecule has 0 saturated heterocycles. The highest BCUT2D eigenvalue weighted by Crippen LogP contribution is 2.53. The Hall–Kier alpha value is -7.72. The van der Waals surface area contributed by atoms with Crippen LogP contribution in [0.1, 0.15) is 49.9 Å². The highest BCUT2D eigenvalue weighted by Gasteiger charge is 2.37. The van der Waals surface area contributed by atoms with Gasteiger partial charge in [-0.15, -0.1) is 11.3 Å². The van der Waals surface area contributed by atoms with Gasteiger partial charge in [-0.2, -0.15) is 0 Å². The van der Waals surface area contributed by atoms with E-state index in [1.165, 1.54) is 92.1 Å². The van der Waals surface area contributed by atoms with Gasteiger partial charge in [-0.25, -0.2) is 0 Å². The van der Waals surface area contributed by atoms with Crippen molar-refractivity contribution < 1.29 is 4.42 Å². The van der Waals surface area contributed by atoms with Gasteiger partial charge in [0.05, 0.1) is 0 Å². The van der Waals surface area contributed by atoms with Crippen molar-refractivity contribution in [3.05, 3.63) is 222 Å². The van der Waals surface area contributed by atoms with Gasteiger partial charge in [0.25, 0.3) is 0 Å². The van der Waals surface area contributed by atoms with E-state index in [9.17, 15) is 0 Å². The zero-order valence-electron chi connectivity index (χ0n) is 37.8. The fourth-order valence-corrected chi connectivity index (χ4v) is 13.1. The van der Waals surface area contributed by atoms with Gasteiger partial charge < -0.3 is 9.32 Å². The topological polar surface area (TPSA) is 16.4 Å². The highest BCUT2D eigenvalue weighted by atomic mass is 32.1. The Morgan fingerprint density at radius 1 is 0.388 bits per heavy atom. The first-order valence-corrected chi connectivity index (χ1v) is 24.2. The predicted molar refractivity (Wildman–Crippen MR) is 285 cm³/mol. The lowest BCUT2D eigenvalue weighted by atomic mass is 9.81. The average Bonchev–Trinajstić information content (AvgIpc) is 4.06. The first-order chi connectivity index (χ1) is 32.7. The number of nitrogens with zero attached hydrogens (tertiary/aromatic N) is 1. The summed E-state index contributed by atoms with van der Waals surface area (Å²) in [6.45, 7) is 9.44. The van der Waals surface area contributed by atoms with Crippen molar-refractivity contribution in [1.82, 2.24) is 0 Å². The molecule has 2 aliphatic carbocycles. The van der Waals surface area contributed by atoms with Crippen LogP contribution in [-0.2, 0) is 10.8 Å². The second kappa shape index (κ2) is 13.9. The van der Waals surface area contributed by atoms with Crippen molar-refractivity contribution in [2.45, 2.75) is 38.5 Å². The first kappa shape index (κ1) is 38.5. The molecule has 10 aromatic carbocycles. The van der Waals surface area contributed by atoms with Gasteiger partial charge in [0.15, 0.2) is 0 Å². The Kier molecular flexibility index (Phi) is 8.00. The standard InChI is InChI=1S/C64H45NOS/c1-63(2)54-21-10-7-16-46(54)48-31-26-40(35-56(48)63)60-44-15-6-5-14-39(44)34-53-52-36-42(30-33-58(52)66-61(53)60)65(43-29-32-49-47-17-8-11-22-55(47)64(3,4)57(49)37-43)41-27-24-38(25-28-41)45-19-13-20-51-50-18-9-12-23-59(50)67-62(45)51/h5-37H,1-4H3. The normalized spacial score (nSPS) is 14.2. The van der Waals surface area contributed by atoms with Gasteiger partial charge in [0.2, 0.25) is 0 Å². The van der Waals surface area contributed by atoms with E-state index in [0.717, 1.165) is 44.6 Å². The van der Waals surface area contributed by atoms with Crippen molar-refractivity contribution in [3.8, 4) is 44.5 Å². The summed E-state index contributed by atoms with van der Waals surface area (Å²) in [5.41, 5.74) is 20.4. The molecule has 0 atom stereocenters. The number of benzene rings is 10. The van der Waals surface area contributed by atoms with Crippen LogP contribution >= 0.6 is 11.3 Å². The van der Waals surface area contributed by atoms with Crippen molar-refractivity contribution in [2.75, 3.05) is 4.90 Å². The number of anilines is 3. The summed E-state index contributed by atoms with van der Waals surface area (Å²) >= 11 is 1.88. The van der Waals surface area contributed by atoms with Gasteiger partial charge in [0, 0.05) is 64.4 Å². The molecule has 2 aromatic heterocycles. The van der Waals surface area contributed by atoms with Crippen LogP contribution in [0.15, 0.2) is 205 Å². The number of fused-ring (bicyclic) bond motifs is 13. The SMILES string of the molecule is CC1(C)c2ccccc2-c2ccc(-c3c4ccccc4cc4c3oc3ccc(N(c5ccc(-c6cccc7c6sc6ccccc67)cc5)c5ccc6c(c5)C(C)(C)c5ccccc5-6)cc34)cc21. The maximum atomic E-state index is 7.05. The van der Waals surface area contributed by atoms with E-state index in [1.807, 2.05) is 11.3 Å². The van der Waals surface area contributed by atoms with Gasteiger partial charge >= 0.3 is 0 Å². The van der Waals surface area contributed by atoms with Crippen LogP contribution in [-0.4, -0.2) is 0 Å². The van der Waals surface area contributed by atoms with Gasteiger partial charge in [-0.05, 0) is 133 Å². The highest BCUT2D eigenvalue weighted by molar-refractivity contribution is 7.26. The minimum Gasteiger partial charge on any atom is -0.455 e. The molecule has 0 spiro atoms. The summed E-state index contributed by atoms with van der Waals surface area (Å²) in [4.78, 5) is 2.43. The number of thiophene rings is 1. The molecule has 0 radical (unpaired) electrons. The van der Waals surface area contributed by atoms with E-state index >= 15 is 0 Å². The molecular weight excluding hydrogens is 831 g/mol. The number of rotatable bonds is 5. The molecule has 14 rings (SSSR count). The molecule has 0 amide bonds. The number of furan rings is 1. The van der Waals surface area contributed by atoms with Crippen LogP contribution in [0.4, 0.5) is 17.1 Å². The number of hydrogen-bond donors (Lipinski definition) is 0. The largest absolute Gasteiger partial charge is 0.455 e. The second-order valence-electron chi connectivity index (χ2n) is 19.6. The third kappa shape index (κ3) is 5.50. The summed E-state index contributed by atoms with van der Waals surface area (Å²) in [6.07, 6.45) is 0. The Morgan fingerprint density at radius 3 is 1.73 bits per heavy atom. The van der Waals surface area contributed by atoms with E-state index in [-0.39, 0.29) is 10.8 Å². The molecule has 0 fully saturated rings. The lowest BCUT2D eigenvalue weighted by molar-refractivity contribution is 0.660. The Balaban J connectivity index is 0.951. The summed E-state index contributed by atoms with van der Waals surface area (Å²) in [5.74, 6) is 0. The summed E-state index contributed by atoms with van der Waals surface area (Å²) in [5, 5.41) is 7.23. The predicted octanol–water partition coefficient (Wildman–Crippen LogP) is 18.5. The van der Waals surface area contributed by atoms with Crippen molar-refractivity contribution in [3.63, 3.8) is 0 Å². The molecule has 0 aliphatic heterocycles. The average molecular weight is 876 g/mol. The quantitative estimate of drug-likeness (QED) is 0.171. The molecule has 2 heterocycles. The Bertz CT molecular complexity index is 4050. The molecule has 2 aliphatic rings. The van der Waals surface area contributed by atoms with E-state index in [2.05, 4.69) is 233 Å². The lowest BCUT2D eigenvalue weighted by Gasteiger charge is -2.28. The van der Waals surface area contributed by atoms with Gasteiger partial charge in [-0.3, -0.25) is 0 Å². The molecule has 3 heteroatoms. The fourth-order valence-electron chi connectivity index (χ4n) is 11.9. The van der Waals surface area contributed by atoms with E-state index in [1.54, 1.807) is 0 Å². The van der Waals surface area contributed by atoms with Crippen molar-refractivity contribution >= 4 is 81.3 Å². The lowest BCUT2D eigenvalue weighted by Crippen LogP contribution is -2.16. The van der Waals surface area contributed by atoms with Crippen molar-refractivity contribution in [1.29, 1.82) is 0 Å². The second-order valence-corrected chi connectivity index (χ2v) is 20.7. The van der Waals surface area contributed by atoms with Crippen LogP contribution in [0.5, 0.6) is 0 Å². The molecule has 0 bridgehead atoms. The smallest absolute Gasteiger partial charge is 0.143 e. The van der Waals surface area contributed by atoms with Crippen LogP contribution in [0.2, 0.25) is 0 Å². The zero-order chi connectivity index (χ0) is 44.8. The minimum absolute atomic E-state index is 0.114. The van der Waals surface area contributed by atoms with Crippen LogP contribution in [0.25, 0.3) is 97.4 Å². The van der Waals surface area contributed by atoms with E-state index in [0.29, 0.717) is 0 Å². The third-order valence-corrected chi connectivity index (χ3v) is 16.5. The van der Waals surface area contributed by atoms with Crippen LogP contribution in [0.3, 0.4) is 0 Å². The van der Waals surface area contributed by atoms with Crippen LogP contribution < -0.4 is 4.90 Å². The molecule has 12 aromatic rings. The maximum absolute atomic E-state index is 7.05. The maximum Gasteiger partial charge on any atom is 0.143 e. The molecule has 318 valence electrons. The summed E-state index contributed by atoms with van der Waals surface area (Å²) in [7, 11) is 0.